The molecule has 10 heteroatoms. The van der Waals surface area contributed by atoms with Crippen molar-refractivity contribution in [1.29, 1.82) is 0 Å². The van der Waals surface area contributed by atoms with E-state index in [1.165, 1.54) is 12.1 Å². The van der Waals surface area contributed by atoms with Gasteiger partial charge in [0.05, 0.1) is 29.1 Å². The second-order valence-corrected chi connectivity index (χ2v) is 13.5. The van der Waals surface area contributed by atoms with Crippen molar-refractivity contribution in [3.05, 3.63) is 78.3 Å². The number of nitrogens with one attached hydrogen (secondary N) is 3. The molecule has 43 heavy (non-hydrogen) atoms. The summed E-state index contributed by atoms with van der Waals surface area (Å²) in [5.41, 5.74) is 2.23. The average molecular weight is 609 g/mol. The molecule has 2 aromatic carbocycles. The summed E-state index contributed by atoms with van der Waals surface area (Å²) in [6, 6.07) is 16.6. The lowest BCUT2D eigenvalue weighted by Gasteiger charge is -2.31. The normalized spacial score (nSPS) is 14.7. The van der Waals surface area contributed by atoms with Crippen LogP contribution in [0.15, 0.2) is 76.2 Å². The van der Waals surface area contributed by atoms with Gasteiger partial charge in [0.25, 0.3) is 15.9 Å². The Morgan fingerprint density at radius 1 is 1.00 bits per heavy atom. The van der Waals surface area contributed by atoms with Crippen molar-refractivity contribution in [1.82, 2.24) is 10.0 Å². The number of hydrogen-bond donors (Lipinski definition) is 3. The highest BCUT2D eigenvalue weighted by Crippen LogP contribution is 2.30. The van der Waals surface area contributed by atoms with Gasteiger partial charge in [-0.25, -0.2) is 13.1 Å². The van der Waals surface area contributed by atoms with E-state index in [1.807, 2.05) is 31.3 Å². The molecule has 1 aliphatic rings. The second-order valence-electron chi connectivity index (χ2n) is 11.8. The number of carbonyl (C=O) groups excluding carboxylic acids is 2. The van der Waals surface area contributed by atoms with Crippen molar-refractivity contribution >= 4 is 33.2 Å². The van der Waals surface area contributed by atoms with E-state index < -0.39 is 22.0 Å². The zero-order chi connectivity index (χ0) is 30.8. The number of rotatable bonds is 14. The van der Waals surface area contributed by atoms with Gasteiger partial charge in [0.15, 0.2) is 0 Å². The molecule has 9 nitrogen and oxygen atoms in total. The fourth-order valence-electron chi connectivity index (χ4n) is 5.49. The maximum absolute atomic E-state index is 13.6. The minimum atomic E-state index is -4.00. The Kier molecular flexibility index (Phi) is 11.3. The minimum absolute atomic E-state index is 0.0228. The van der Waals surface area contributed by atoms with E-state index in [0.717, 1.165) is 62.2 Å². The van der Waals surface area contributed by atoms with Gasteiger partial charge in [-0.3, -0.25) is 9.59 Å². The van der Waals surface area contributed by atoms with Crippen LogP contribution in [-0.4, -0.2) is 39.9 Å². The van der Waals surface area contributed by atoms with Gasteiger partial charge >= 0.3 is 0 Å². The molecule has 1 aromatic heterocycles. The largest absolute Gasteiger partial charge is 0.467 e. The number of nitrogens with zero attached hydrogens (tertiary/aromatic N) is 1. The fraction of sp³-hybridized carbons (Fsp3) is 0.455. The van der Waals surface area contributed by atoms with Crippen LogP contribution in [0.3, 0.4) is 0 Å². The molecule has 1 atom stereocenters. The molecule has 3 aromatic rings. The summed E-state index contributed by atoms with van der Waals surface area (Å²) in [6.45, 7) is 5.71. The lowest BCUT2D eigenvalue weighted by molar-refractivity contribution is -0.120. The molecular formula is C33H44N4O5S. The first kappa shape index (κ1) is 32.1. The van der Waals surface area contributed by atoms with E-state index in [0.29, 0.717) is 18.0 Å². The molecule has 0 spiro atoms. The van der Waals surface area contributed by atoms with Crippen molar-refractivity contribution in [3.63, 3.8) is 0 Å². The van der Waals surface area contributed by atoms with Gasteiger partial charge in [0, 0.05) is 31.6 Å². The van der Waals surface area contributed by atoms with Gasteiger partial charge in [-0.15, -0.1) is 0 Å². The summed E-state index contributed by atoms with van der Waals surface area (Å²) in [7, 11) is -1.96. The summed E-state index contributed by atoms with van der Waals surface area (Å²) in [5.74, 6) is 0.485. The third-order valence-corrected chi connectivity index (χ3v) is 9.38. The molecule has 0 saturated heterocycles. The summed E-state index contributed by atoms with van der Waals surface area (Å²) < 4.78 is 33.2. The summed E-state index contributed by atoms with van der Waals surface area (Å²) >= 11 is 0. The maximum atomic E-state index is 13.6. The third-order valence-electron chi connectivity index (χ3n) is 7.99. The predicted octanol–water partition coefficient (Wildman–Crippen LogP) is 5.95. The number of benzene rings is 2. The zero-order valence-electron chi connectivity index (χ0n) is 25.3. The number of carbonyl (C=O) groups is 2. The molecule has 3 N–H and O–H groups in total. The van der Waals surface area contributed by atoms with Crippen LogP contribution in [0.4, 0.5) is 11.4 Å². The number of furan rings is 1. The van der Waals surface area contributed by atoms with Crippen LogP contribution in [0.5, 0.6) is 0 Å². The summed E-state index contributed by atoms with van der Waals surface area (Å²) in [4.78, 5) is 28.9. The molecule has 1 fully saturated rings. The Morgan fingerprint density at radius 2 is 1.74 bits per heavy atom. The van der Waals surface area contributed by atoms with Crippen molar-refractivity contribution in [3.8, 4) is 0 Å². The Morgan fingerprint density at radius 3 is 2.42 bits per heavy atom. The van der Waals surface area contributed by atoms with E-state index in [-0.39, 0.29) is 23.1 Å². The van der Waals surface area contributed by atoms with E-state index in [1.54, 1.807) is 30.5 Å². The van der Waals surface area contributed by atoms with E-state index in [4.69, 9.17) is 4.42 Å². The quantitative estimate of drug-likeness (QED) is 0.207. The minimum Gasteiger partial charge on any atom is -0.467 e. The van der Waals surface area contributed by atoms with E-state index >= 15 is 0 Å². The topological polar surface area (TPSA) is 121 Å². The number of amides is 2. The van der Waals surface area contributed by atoms with Crippen LogP contribution in [0.1, 0.15) is 74.9 Å². The Labute approximate surface area is 255 Å². The van der Waals surface area contributed by atoms with E-state index in [2.05, 4.69) is 34.1 Å². The van der Waals surface area contributed by atoms with Crippen LogP contribution < -0.4 is 20.3 Å². The van der Waals surface area contributed by atoms with Crippen LogP contribution >= 0.6 is 0 Å². The summed E-state index contributed by atoms with van der Waals surface area (Å²) in [5, 5.41) is 6.51. The highest BCUT2D eigenvalue weighted by molar-refractivity contribution is 7.90. The molecule has 0 aliphatic heterocycles. The lowest BCUT2D eigenvalue weighted by Crippen LogP contribution is -2.45. The summed E-state index contributed by atoms with van der Waals surface area (Å²) in [6.07, 6.45) is 7.42. The Hall–Kier alpha value is -3.79. The SMILES string of the molecule is CC(C)CCN(C)c1ccc(C(=O)NC(CC(=O)NS(=O)(=O)c2ccccc2)C2CCCCC2)cc1NCc1ccco1. The standard InChI is InChI=1S/C33H44N4O5S/c1-24(2)18-19-37(3)31-17-16-26(21-30(31)34-23-27-13-10-20-42-27)33(39)35-29(25-11-6-4-7-12-25)22-32(38)36-43(40,41)28-14-8-5-9-15-28/h5,8-10,13-17,20-21,24-25,29,34H,4,6-7,11-12,18-19,22-23H2,1-3H3,(H,35,39)(H,36,38). The number of anilines is 2. The molecule has 0 bridgehead atoms. The lowest BCUT2D eigenvalue weighted by atomic mass is 9.82. The van der Waals surface area contributed by atoms with Gasteiger partial charge in [0.1, 0.15) is 5.76 Å². The van der Waals surface area contributed by atoms with Crippen LogP contribution in [0.25, 0.3) is 0 Å². The van der Waals surface area contributed by atoms with Gasteiger partial charge in [-0.05, 0) is 73.6 Å². The molecule has 1 saturated carbocycles. The van der Waals surface area contributed by atoms with Crippen molar-refractivity contribution in [2.24, 2.45) is 11.8 Å². The zero-order valence-corrected chi connectivity index (χ0v) is 26.2. The third kappa shape index (κ3) is 9.35. The molecule has 4 rings (SSSR count). The first-order chi connectivity index (χ1) is 20.6. The van der Waals surface area contributed by atoms with Crippen molar-refractivity contribution < 1.29 is 22.4 Å². The maximum Gasteiger partial charge on any atom is 0.264 e. The van der Waals surface area contributed by atoms with Gasteiger partial charge in [-0.1, -0.05) is 51.3 Å². The smallest absolute Gasteiger partial charge is 0.264 e. The van der Waals surface area contributed by atoms with E-state index in [9.17, 15) is 18.0 Å². The molecule has 1 heterocycles. The second kappa shape index (κ2) is 15.1. The van der Waals surface area contributed by atoms with Crippen molar-refractivity contribution in [2.75, 3.05) is 23.8 Å². The number of sulfonamides is 1. The Balaban J connectivity index is 1.52. The predicted molar refractivity (Wildman–Crippen MR) is 169 cm³/mol. The first-order valence-corrected chi connectivity index (χ1v) is 16.6. The number of hydrogen-bond acceptors (Lipinski definition) is 7. The highest BCUT2D eigenvalue weighted by Gasteiger charge is 2.29. The molecular weight excluding hydrogens is 564 g/mol. The highest BCUT2D eigenvalue weighted by atomic mass is 32.2. The van der Waals surface area contributed by atoms with Gasteiger partial charge < -0.3 is 20.0 Å². The molecule has 0 radical (unpaired) electrons. The fourth-order valence-corrected chi connectivity index (χ4v) is 6.51. The molecule has 2 amide bonds. The van der Waals surface area contributed by atoms with Crippen LogP contribution in [-0.2, 0) is 21.4 Å². The monoisotopic (exact) mass is 608 g/mol. The average Bonchev–Trinajstić information content (AvgIpc) is 3.53. The molecule has 232 valence electrons. The molecule has 1 aliphatic carbocycles. The Bertz CT molecular complexity index is 1440. The first-order valence-electron chi connectivity index (χ1n) is 15.2. The molecule has 1 unspecified atom stereocenters. The van der Waals surface area contributed by atoms with Crippen molar-refractivity contribution in [2.45, 2.75) is 76.3 Å². The van der Waals surface area contributed by atoms with Gasteiger partial charge in [0.2, 0.25) is 5.91 Å². The van der Waals surface area contributed by atoms with Crippen LogP contribution in [0, 0.1) is 11.8 Å². The van der Waals surface area contributed by atoms with Gasteiger partial charge in [-0.2, -0.15) is 0 Å². The van der Waals surface area contributed by atoms with Crippen LogP contribution in [0.2, 0.25) is 0 Å².